The van der Waals surface area contributed by atoms with Gasteiger partial charge in [0.25, 0.3) is 10.0 Å². The summed E-state index contributed by atoms with van der Waals surface area (Å²) >= 11 is 0. The van der Waals surface area contributed by atoms with E-state index < -0.39 is 46.2 Å². The molecule has 47 heavy (non-hydrogen) atoms. The molecule has 0 saturated heterocycles. The van der Waals surface area contributed by atoms with E-state index in [1.165, 1.54) is 23.1 Å². The van der Waals surface area contributed by atoms with Gasteiger partial charge in [0.2, 0.25) is 11.8 Å². The van der Waals surface area contributed by atoms with E-state index in [9.17, 15) is 31.2 Å². The first-order chi connectivity index (χ1) is 22.3. The van der Waals surface area contributed by atoms with Gasteiger partial charge in [0, 0.05) is 19.5 Å². The van der Waals surface area contributed by atoms with Crippen LogP contribution in [0.5, 0.6) is 0 Å². The molecule has 0 heterocycles. The van der Waals surface area contributed by atoms with Crippen LogP contribution in [0.15, 0.2) is 108 Å². The quantitative estimate of drug-likeness (QED) is 0.173. The summed E-state index contributed by atoms with van der Waals surface area (Å²) in [6.45, 7) is 5.03. The minimum atomic E-state index is -4.76. The van der Waals surface area contributed by atoms with E-state index in [-0.39, 0.29) is 23.5 Å². The predicted octanol–water partition coefficient (Wildman–Crippen LogP) is 6.68. The van der Waals surface area contributed by atoms with Gasteiger partial charge in [-0.1, -0.05) is 90.8 Å². The summed E-state index contributed by atoms with van der Waals surface area (Å²) in [6, 6.07) is 25.1. The Balaban J connectivity index is 1.83. The van der Waals surface area contributed by atoms with E-state index in [2.05, 4.69) is 5.32 Å². The number of benzene rings is 4. The number of amides is 2. The van der Waals surface area contributed by atoms with Gasteiger partial charge in [-0.15, -0.1) is 0 Å². The highest BCUT2D eigenvalue weighted by atomic mass is 32.2. The third kappa shape index (κ3) is 9.22. The van der Waals surface area contributed by atoms with Crippen molar-refractivity contribution in [3.63, 3.8) is 0 Å². The van der Waals surface area contributed by atoms with Crippen molar-refractivity contribution >= 4 is 27.5 Å². The van der Waals surface area contributed by atoms with E-state index in [0.29, 0.717) is 28.9 Å². The number of hydrogen-bond acceptors (Lipinski definition) is 4. The summed E-state index contributed by atoms with van der Waals surface area (Å²) in [4.78, 5) is 29.3. The van der Waals surface area contributed by atoms with E-state index >= 15 is 0 Å². The zero-order valence-corrected chi connectivity index (χ0v) is 27.3. The molecule has 0 fully saturated rings. The van der Waals surface area contributed by atoms with Crippen molar-refractivity contribution in [2.75, 3.05) is 17.4 Å². The number of sulfonamides is 1. The molecule has 4 aromatic rings. The molecule has 0 aliphatic rings. The smallest absolute Gasteiger partial charge is 0.354 e. The molecule has 0 spiro atoms. The lowest BCUT2D eigenvalue weighted by Crippen LogP contribution is -2.53. The standard InChI is InChI=1S/C36H38F3N3O4S/c1-4-21-40-35(44)33(22-28-9-6-5-7-10-28)41(24-29-17-13-26(2)14-18-29)34(43)25-42(31-12-8-11-30(23-31)36(37,38)39)47(45,46)32-19-15-27(3)16-20-32/h5-20,23,33H,4,21-22,24-25H2,1-3H3,(H,40,44). The van der Waals surface area contributed by atoms with Gasteiger partial charge in [0.05, 0.1) is 16.1 Å². The average molecular weight is 666 g/mol. The molecule has 11 heteroatoms. The third-order valence-electron chi connectivity index (χ3n) is 7.64. The van der Waals surface area contributed by atoms with Crippen molar-refractivity contribution in [3.05, 3.63) is 131 Å². The number of nitrogens with one attached hydrogen (secondary N) is 1. The summed E-state index contributed by atoms with van der Waals surface area (Å²) < 4.78 is 70.2. The summed E-state index contributed by atoms with van der Waals surface area (Å²) in [7, 11) is -4.54. The molecule has 1 unspecified atom stereocenters. The van der Waals surface area contributed by atoms with Crippen LogP contribution in [0, 0.1) is 13.8 Å². The van der Waals surface area contributed by atoms with E-state index in [4.69, 9.17) is 0 Å². The number of carbonyl (C=O) groups is 2. The molecule has 0 saturated carbocycles. The van der Waals surface area contributed by atoms with Crippen LogP contribution >= 0.6 is 0 Å². The second kappa shape index (κ2) is 15.3. The number of aryl methyl sites for hydroxylation is 2. The van der Waals surface area contributed by atoms with Crippen molar-refractivity contribution in [1.29, 1.82) is 0 Å². The molecule has 248 valence electrons. The maximum atomic E-state index is 14.4. The Labute approximate surface area is 274 Å². The Bertz CT molecular complexity index is 1760. The first kappa shape index (κ1) is 35.2. The molecule has 0 aliphatic heterocycles. The van der Waals surface area contributed by atoms with E-state index in [1.807, 2.05) is 68.4 Å². The molecule has 4 aromatic carbocycles. The number of rotatable bonds is 13. The molecule has 2 amide bonds. The highest BCUT2D eigenvalue weighted by molar-refractivity contribution is 7.92. The summed E-state index contributed by atoms with van der Waals surface area (Å²) in [5.74, 6) is -1.19. The van der Waals surface area contributed by atoms with Gasteiger partial charge < -0.3 is 10.2 Å². The fraction of sp³-hybridized carbons (Fsp3) is 0.278. The van der Waals surface area contributed by atoms with Crippen LogP contribution in [0.1, 0.15) is 41.2 Å². The van der Waals surface area contributed by atoms with Gasteiger partial charge in [-0.25, -0.2) is 8.42 Å². The van der Waals surface area contributed by atoms with Gasteiger partial charge >= 0.3 is 6.18 Å². The molecule has 4 rings (SSSR count). The zero-order valence-electron chi connectivity index (χ0n) is 26.5. The van der Waals surface area contributed by atoms with Gasteiger partial charge in [0.15, 0.2) is 0 Å². The van der Waals surface area contributed by atoms with Crippen molar-refractivity contribution in [2.24, 2.45) is 0 Å². The minimum Gasteiger partial charge on any atom is -0.354 e. The maximum absolute atomic E-state index is 14.4. The number of anilines is 1. The van der Waals surface area contributed by atoms with Crippen molar-refractivity contribution < 1.29 is 31.2 Å². The van der Waals surface area contributed by atoms with Crippen molar-refractivity contribution in [2.45, 2.75) is 57.3 Å². The molecule has 1 N–H and O–H groups in total. The van der Waals surface area contributed by atoms with Crippen LogP contribution in [0.25, 0.3) is 0 Å². The summed E-state index contributed by atoms with van der Waals surface area (Å²) in [5, 5.41) is 2.86. The molecule has 0 aliphatic carbocycles. The molecule has 0 radical (unpaired) electrons. The Morgan fingerprint density at radius 2 is 1.43 bits per heavy atom. The lowest BCUT2D eigenvalue weighted by Gasteiger charge is -2.34. The zero-order chi connectivity index (χ0) is 34.2. The van der Waals surface area contributed by atoms with Gasteiger partial charge in [-0.05, 0) is 61.7 Å². The van der Waals surface area contributed by atoms with Crippen LogP contribution in [0.4, 0.5) is 18.9 Å². The molecule has 0 aromatic heterocycles. The Morgan fingerprint density at radius 1 is 0.809 bits per heavy atom. The van der Waals surface area contributed by atoms with E-state index in [1.54, 1.807) is 19.1 Å². The minimum absolute atomic E-state index is 0.0445. The van der Waals surface area contributed by atoms with Crippen LogP contribution in [-0.4, -0.2) is 44.3 Å². The summed E-state index contributed by atoms with van der Waals surface area (Å²) in [5.41, 5.74) is 1.82. The van der Waals surface area contributed by atoms with Gasteiger partial charge in [-0.3, -0.25) is 13.9 Å². The number of hydrogen-bond donors (Lipinski definition) is 1. The van der Waals surface area contributed by atoms with Crippen LogP contribution in [0.2, 0.25) is 0 Å². The SMILES string of the molecule is CCCNC(=O)C(Cc1ccccc1)N(Cc1ccc(C)cc1)C(=O)CN(c1cccc(C(F)(F)F)c1)S(=O)(=O)c1ccc(C)cc1. The lowest BCUT2D eigenvalue weighted by atomic mass is 10.0. The number of alkyl halides is 3. The predicted molar refractivity (Wildman–Crippen MR) is 176 cm³/mol. The lowest BCUT2D eigenvalue weighted by molar-refractivity contribution is -0.140. The topological polar surface area (TPSA) is 86.8 Å². The maximum Gasteiger partial charge on any atom is 0.416 e. The third-order valence-corrected chi connectivity index (χ3v) is 9.43. The van der Waals surface area contributed by atoms with Crippen LogP contribution < -0.4 is 9.62 Å². The van der Waals surface area contributed by atoms with Gasteiger partial charge in [0.1, 0.15) is 12.6 Å². The van der Waals surface area contributed by atoms with Gasteiger partial charge in [-0.2, -0.15) is 13.2 Å². The second-order valence-corrected chi connectivity index (χ2v) is 13.2. The molecule has 0 bridgehead atoms. The van der Waals surface area contributed by atoms with Crippen LogP contribution in [-0.2, 0) is 38.8 Å². The normalized spacial score (nSPS) is 12.3. The molecular formula is C36H38F3N3O4S. The Morgan fingerprint density at radius 3 is 2.02 bits per heavy atom. The average Bonchev–Trinajstić information content (AvgIpc) is 3.05. The largest absolute Gasteiger partial charge is 0.416 e. The molecular weight excluding hydrogens is 627 g/mol. The number of halogens is 3. The van der Waals surface area contributed by atoms with Crippen molar-refractivity contribution in [3.8, 4) is 0 Å². The highest BCUT2D eigenvalue weighted by Gasteiger charge is 2.36. The number of nitrogens with zero attached hydrogens (tertiary/aromatic N) is 2. The van der Waals surface area contributed by atoms with Crippen LogP contribution in [0.3, 0.4) is 0 Å². The first-order valence-corrected chi connectivity index (χ1v) is 16.7. The highest BCUT2D eigenvalue weighted by Crippen LogP contribution is 2.33. The Kier molecular flexibility index (Phi) is 11.5. The summed E-state index contributed by atoms with van der Waals surface area (Å²) in [6.07, 6.45) is -3.98. The Hall–Kier alpha value is -4.64. The monoisotopic (exact) mass is 665 g/mol. The molecule has 1 atom stereocenters. The second-order valence-electron chi connectivity index (χ2n) is 11.4. The number of carbonyl (C=O) groups excluding carboxylic acids is 2. The fourth-order valence-electron chi connectivity index (χ4n) is 5.01. The molecule has 7 nitrogen and oxygen atoms in total. The van der Waals surface area contributed by atoms with E-state index in [0.717, 1.165) is 28.8 Å². The van der Waals surface area contributed by atoms with Crippen molar-refractivity contribution in [1.82, 2.24) is 10.2 Å². The fourth-order valence-corrected chi connectivity index (χ4v) is 6.42. The first-order valence-electron chi connectivity index (χ1n) is 15.2.